The van der Waals surface area contributed by atoms with Crippen molar-refractivity contribution in [2.24, 2.45) is 0 Å². The summed E-state index contributed by atoms with van der Waals surface area (Å²) >= 11 is 0. The molecule has 0 saturated heterocycles. The summed E-state index contributed by atoms with van der Waals surface area (Å²) in [6.45, 7) is 4.32. The summed E-state index contributed by atoms with van der Waals surface area (Å²) in [6, 6.07) is 22.6. The number of halogens is 6. The van der Waals surface area contributed by atoms with E-state index < -0.39 is 7.81 Å². The fraction of sp³-hybridized carbons (Fsp3) is 0.174. The van der Waals surface area contributed by atoms with Gasteiger partial charge in [-0.05, 0) is 47.9 Å². The van der Waals surface area contributed by atoms with E-state index in [1.807, 2.05) is 30.3 Å². The molecule has 0 spiro atoms. The predicted octanol–water partition coefficient (Wildman–Crippen LogP) is 9.61. The van der Waals surface area contributed by atoms with E-state index in [1.54, 1.807) is 7.11 Å². The first kappa shape index (κ1) is 25.0. The number of hydrogen-bond acceptors (Lipinski definition) is 2. The molecule has 0 fully saturated rings. The van der Waals surface area contributed by atoms with E-state index in [0.29, 0.717) is 5.92 Å². The second kappa shape index (κ2) is 7.99. The van der Waals surface area contributed by atoms with Crippen molar-refractivity contribution in [3.8, 4) is 10.6 Å². The molecule has 0 N–H and O–H groups in total. The number of benzene rings is 3. The molecular weight excluding hydrogens is 485 g/mol. The first-order chi connectivity index (χ1) is 15.0. The van der Waals surface area contributed by atoms with E-state index >= 15 is 0 Å². The molecule has 178 valence electrons. The van der Waals surface area contributed by atoms with Gasteiger partial charge in [-0.3, -0.25) is 4.79 Å². The molecule has 0 aliphatic heterocycles. The molecule has 4 rings (SSSR count). The van der Waals surface area contributed by atoms with Crippen molar-refractivity contribution in [1.29, 1.82) is 0 Å². The Bertz CT molecular complexity index is 1370. The Balaban J connectivity index is 0.000000383. The predicted molar refractivity (Wildman–Crippen MR) is 126 cm³/mol. The Morgan fingerprint density at radius 1 is 0.788 bits per heavy atom. The number of hydrogen-bond donors (Lipinski definition) is 0. The van der Waals surface area contributed by atoms with Crippen molar-refractivity contribution >= 4 is 38.5 Å². The minimum atomic E-state index is -10.7. The molecule has 0 amide bonds. The molecule has 1 unspecified atom stereocenters. The molecule has 33 heavy (non-hydrogen) atoms. The molecule has 1 aromatic heterocycles. The van der Waals surface area contributed by atoms with Crippen molar-refractivity contribution in [2.45, 2.75) is 19.8 Å². The van der Waals surface area contributed by atoms with Gasteiger partial charge in [-0.1, -0.05) is 32.0 Å². The van der Waals surface area contributed by atoms with Crippen LogP contribution in [-0.2, 0) is 0 Å². The molecule has 0 aliphatic rings. The van der Waals surface area contributed by atoms with Crippen LogP contribution in [0.5, 0.6) is 5.75 Å². The second-order valence-corrected chi connectivity index (χ2v) is 11.6. The van der Waals surface area contributed by atoms with Crippen LogP contribution in [0.15, 0.2) is 71.5 Å². The second-order valence-electron chi connectivity index (χ2n) is 7.68. The van der Waals surface area contributed by atoms with E-state index in [0.717, 1.165) is 25.9 Å². The summed E-state index contributed by atoms with van der Waals surface area (Å²) < 4.78 is 66.7. The van der Waals surface area contributed by atoms with Gasteiger partial charge in [0.15, 0.2) is 14.3 Å². The Labute approximate surface area is 188 Å². The monoisotopic (exact) mass is 506 g/mol. The molecule has 0 bridgehead atoms. The van der Waals surface area contributed by atoms with Crippen molar-refractivity contribution in [3.05, 3.63) is 82.5 Å². The Morgan fingerprint density at radius 2 is 1.33 bits per heavy atom. The maximum absolute atomic E-state index is 13.1. The molecule has 10 heteroatoms. The molecule has 0 saturated carbocycles. The maximum atomic E-state index is 13.1. The molecule has 0 aliphatic carbocycles. The van der Waals surface area contributed by atoms with E-state index in [-0.39, 0.29) is 15.9 Å². The SMILES string of the molecule is COc1ccc(-[s+]2c3ccccc3c(=O)c3cc(C(C)C)ccc32)cc1.F[P-](F)(F)(F)(F)F. The third kappa shape index (κ3) is 6.68. The van der Waals surface area contributed by atoms with Crippen LogP contribution in [-0.4, -0.2) is 7.11 Å². The summed E-state index contributed by atoms with van der Waals surface area (Å²) in [5, 5.41) is 1.66. The van der Waals surface area contributed by atoms with Gasteiger partial charge in [0.1, 0.15) is 5.75 Å². The van der Waals surface area contributed by atoms with Crippen molar-refractivity contribution in [2.75, 3.05) is 7.11 Å². The van der Waals surface area contributed by atoms with Crippen LogP contribution in [0.4, 0.5) is 25.2 Å². The Morgan fingerprint density at radius 3 is 1.88 bits per heavy atom. The number of rotatable bonds is 3. The summed E-state index contributed by atoms with van der Waals surface area (Å²) in [6.07, 6.45) is 0. The third-order valence-electron chi connectivity index (χ3n) is 4.78. The van der Waals surface area contributed by atoms with E-state index in [9.17, 15) is 30.0 Å². The molecule has 2 nitrogen and oxygen atoms in total. The Kier molecular flexibility index (Phi) is 6.05. The van der Waals surface area contributed by atoms with Crippen LogP contribution in [0.1, 0.15) is 25.3 Å². The van der Waals surface area contributed by atoms with Gasteiger partial charge in [0, 0.05) is 22.6 Å². The van der Waals surface area contributed by atoms with Crippen molar-refractivity contribution in [1.82, 2.24) is 0 Å². The van der Waals surface area contributed by atoms with Gasteiger partial charge in [0.05, 0.1) is 17.9 Å². The van der Waals surface area contributed by atoms with Gasteiger partial charge in [-0.2, -0.15) is 0 Å². The molecular formula is C23H21F6O2PS. The van der Waals surface area contributed by atoms with Gasteiger partial charge in [0.2, 0.25) is 5.43 Å². The van der Waals surface area contributed by atoms with Crippen molar-refractivity contribution < 1.29 is 29.9 Å². The van der Waals surface area contributed by atoms with Crippen LogP contribution >= 0.6 is 18.3 Å². The van der Waals surface area contributed by atoms with E-state index in [2.05, 4.69) is 50.2 Å². The van der Waals surface area contributed by atoms with E-state index in [1.165, 1.54) is 10.5 Å². The molecule has 1 heterocycles. The summed E-state index contributed by atoms with van der Waals surface area (Å²) in [5.74, 6) is 1.24. The third-order valence-corrected chi connectivity index (χ3v) is 7.12. The van der Waals surface area contributed by atoms with Gasteiger partial charge < -0.3 is 4.74 Å². The van der Waals surface area contributed by atoms with Crippen molar-refractivity contribution in [3.63, 3.8) is 0 Å². The number of fused-ring (bicyclic) bond motifs is 2. The van der Waals surface area contributed by atoms with Gasteiger partial charge in [0.25, 0.3) is 0 Å². The van der Waals surface area contributed by atoms with Gasteiger partial charge in [-0.15, -0.1) is 0 Å². The standard InChI is InChI=1S/C23H21O2S.F6P/c1-15(2)16-8-13-22-20(14-16)23(24)19-6-4-5-7-21(19)26(22)18-11-9-17(25-3)10-12-18;1-7(2,3,4,5)6/h4-15H,1-3H3;/q+1;-1. The number of ether oxygens (including phenoxy) is 1. The fourth-order valence-corrected chi connectivity index (χ4v) is 5.65. The zero-order valence-electron chi connectivity index (χ0n) is 17.9. The summed E-state index contributed by atoms with van der Waals surface area (Å²) in [5.41, 5.74) is 1.34. The van der Waals surface area contributed by atoms with Crippen LogP contribution in [0.25, 0.3) is 25.1 Å². The quantitative estimate of drug-likeness (QED) is 0.120. The zero-order valence-corrected chi connectivity index (χ0v) is 19.6. The summed E-state index contributed by atoms with van der Waals surface area (Å²) in [4.78, 5) is 14.3. The fourth-order valence-electron chi connectivity index (χ4n) is 3.32. The van der Waals surface area contributed by atoms with Crippen LogP contribution in [0, 0.1) is 0 Å². The van der Waals surface area contributed by atoms with Gasteiger partial charge >= 0.3 is 33.0 Å². The average Bonchev–Trinajstić information content (AvgIpc) is 2.72. The molecule has 4 aromatic rings. The summed E-state index contributed by atoms with van der Waals surface area (Å²) in [7, 11) is -9.27. The van der Waals surface area contributed by atoms with Crippen LogP contribution < -0.4 is 10.2 Å². The minimum absolute atomic E-state index is 0.135. The van der Waals surface area contributed by atoms with Crippen LogP contribution in [0.2, 0.25) is 0 Å². The Hall–Kier alpha value is -2.64. The molecule has 0 radical (unpaired) electrons. The topological polar surface area (TPSA) is 26.3 Å². The van der Waals surface area contributed by atoms with Crippen LogP contribution in [0.3, 0.4) is 0 Å². The average molecular weight is 506 g/mol. The zero-order chi connectivity index (χ0) is 24.7. The van der Waals surface area contributed by atoms with E-state index in [4.69, 9.17) is 4.74 Å². The van der Waals surface area contributed by atoms with Gasteiger partial charge in [-0.25, -0.2) is 0 Å². The first-order valence-corrected chi connectivity index (χ1v) is 13.0. The normalized spacial score (nSPS) is 14.4. The number of methoxy groups -OCH3 is 1. The first-order valence-electron chi connectivity index (χ1n) is 9.77. The molecule has 3 aromatic carbocycles. The molecule has 1 atom stereocenters.